The van der Waals surface area contributed by atoms with Gasteiger partial charge in [-0.2, -0.15) is 0 Å². The van der Waals surface area contributed by atoms with Crippen LogP contribution in [0.3, 0.4) is 0 Å². The molecule has 0 aliphatic carbocycles. The normalized spacial score (nSPS) is 23.1. The Hall–Kier alpha value is -0.940. The third-order valence-corrected chi connectivity index (χ3v) is 4.32. The molecular formula is C17H29N3O. The lowest BCUT2D eigenvalue weighted by Crippen LogP contribution is -2.28. The molecule has 1 saturated heterocycles. The van der Waals surface area contributed by atoms with Crippen molar-refractivity contribution in [3.05, 3.63) is 35.4 Å². The van der Waals surface area contributed by atoms with Crippen LogP contribution in [0, 0.1) is 11.8 Å². The van der Waals surface area contributed by atoms with Crippen molar-refractivity contribution in [3.8, 4) is 0 Å². The molecule has 4 heteroatoms. The highest BCUT2D eigenvalue weighted by molar-refractivity contribution is 5.23. The molecule has 2 atom stereocenters. The Labute approximate surface area is 128 Å². The van der Waals surface area contributed by atoms with Gasteiger partial charge in [0.05, 0.1) is 0 Å². The molecule has 4 nitrogen and oxygen atoms in total. The van der Waals surface area contributed by atoms with Gasteiger partial charge in [0.15, 0.2) is 0 Å². The van der Waals surface area contributed by atoms with Crippen LogP contribution in [0.1, 0.15) is 11.1 Å². The lowest BCUT2D eigenvalue weighted by molar-refractivity contribution is 0.183. The van der Waals surface area contributed by atoms with Gasteiger partial charge in [-0.25, -0.2) is 0 Å². The molecule has 3 N–H and O–H groups in total. The third-order valence-electron chi connectivity index (χ3n) is 4.32. The van der Waals surface area contributed by atoms with E-state index in [9.17, 15) is 5.11 Å². The van der Waals surface area contributed by atoms with E-state index < -0.39 is 0 Å². The van der Waals surface area contributed by atoms with Crippen LogP contribution in [-0.4, -0.2) is 61.8 Å². The zero-order valence-corrected chi connectivity index (χ0v) is 13.3. The Morgan fingerprint density at radius 3 is 2.62 bits per heavy atom. The van der Waals surface area contributed by atoms with Crippen LogP contribution < -0.4 is 5.73 Å². The summed E-state index contributed by atoms with van der Waals surface area (Å²) in [5, 5.41) is 9.59. The number of likely N-dealkylation sites (tertiary alicyclic amines) is 1. The standard InChI is InChI=1S/C17H29N3O/c1-19(2)10-16-11-20(12-17(16)13-21)9-15-5-3-4-14(8-15)6-7-18/h3-5,8,16-17,21H,6-7,9-13,18H2,1-2H3/t16-,17-/m1/s1. The largest absolute Gasteiger partial charge is 0.396 e. The van der Waals surface area contributed by atoms with Crippen molar-refractivity contribution in [2.75, 3.05) is 46.9 Å². The molecule has 0 unspecified atom stereocenters. The average molecular weight is 291 g/mol. The molecule has 0 spiro atoms. The fourth-order valence-electron chi connectivity index (χ4n) is 3.36. The molecule has 0 saturated carbocycles. The van der Waals surface area contributed by atoms with E-state index in [4.69, 9.17) is 5.73 Å². The summed E-state index contributed by atoms with van der Waals surface area (Å²) in [6, 6.07) is 8.72. The van der Waals surface area contributed by atoms with Gasteiger partial charge in [0.1, 0.15) is 0 Å². The maximum absolute atomic E-state index is 9.59. The zero-order chi connectivity index (χ0) is 15.2. The Morgan fingerprint density at radius 2 is 1.95 bits per heavy atom. The predicted molar refractivity (Wildman–Crippen MR) is 87.1 cm³/mol. The van der Waals surface area contributed by atoms with E-state index in [1.807, 2.05) is 0 Å². The molecule has 1 aromatic carbocycles. The minimum Gasteiger partial charge on any atom is -0.396 e. The monoisotopic (exact) mass is 291 g/mol. The molecule has 2 rings (SSSR count). The number of hydrogen-bond donors (Lipinski definition) is 2. The molecule has 21 heavy (non-hydrogen) atoms. The van der Waals surface area contributed by atoms with Gasteiger partial charge in [-0.3, -0.25) is 4.90 Å². The van der Waals surface area contributed by atoms with Crippen molar-refractivity contribution in [2.24, 2.45) is 17.6 Å². The maximum Gasteiger partial charge on any atom is 0.0475 e. The van der Waals surface area contributed by atoms with Crippen molar-refractivity contribution >= 4 is 0 Å². The van der Waals surface area contributed by atoms with Crippen LogP contribution in [-0.2, 0) is 13.0 Å². The number of benzene rings is 1. The Balaban J connectivity index is 1.95. The predicted octanol–water partition coefficient (Wildman–Crippen LogP) is 0.790. The summed E-state index contributed by atoms with van der Waals surface area (Å²) in [5.41, 5.74) is 8.30. The minimum absolute atomic E-state index is 0.294. The van der Waals surface area contributed by atoms with Crippen LogP contribution in [0.2, 0.25) is 0 Å². The molecule has 1 aliphatic heterocycles. The van der Waals surface area contributed by atoms with E-state index in [-0.39, 0.29) is 0 Å². The lowest BCUT2D eigenvalue weighted by Gasteiger charge is -2.20. The molecule has 0 amide bonds. The molecular weight excluding hydrogens is 262 g/mol. The Kier molecular flexibility index (Phi) is 6.18. The van der Waals surface area contributed by atoms with E-state index in [0.717, 1.165) is 32.6 Å². The first kappa shape index (κ1) is 16.4. The summed E-state index contributed by atoms with van der Waals surface area (Å²) >= 11 is 0. The van der Waals surface area contributed by atoms with Crippen LogP contribution in [0.5, 0.6) is 0 Å². The van der Waals surface area contributed by atoms with Crippen LogP contribution in [0.15, 0.2) is 24.3 Å². The fraction of sp³-hybridized carbons (Fsp3) is 0.647. The third kappa shape index (κ3) is 4.78. The summed E-state index contributed by atoms with van der Waals surface area (Å²) in [5.74, 6) is 0.969. The van der Waals surface area contributed by atoms with Gasteiger partial charge in [0, 0.05) is 32.8 Å². The molecule has 0 bridgehead atoms. The van der Waals surface area contributed by atoms with Gasteiger partial charge in [-0.05, 0) is 50.0 Å². The topological polar surface area (TPSA) is 52.7 Å². The zero-order valence-electron chi connectivity index (χ0n) is 13.3. The van der Waals surface area contributed by atoms with Crippen molar-refractivity contribution in [1.29, 1.82) is 0 Å². The second-order valence-corrected chi connectivity index (χ2v) is 6.52. The van der Waals surface area contributed by atoms with Gasteiger partial charge >= 0.3 is 0 Å². The molecule has 1 fully saturated rings. The highest BCUT2D eigenvalue weighted by Gasteiger charge is 2.32. The summed E-state index contributed by atoms with van der Waals surface area (Å²) in [6.07, 6.45) is 0.941. The Morgan fingerprint density at radius 1 is 1.24 bits per heavy atom. The lowest BCUT2D eigenvalue weighted by atomic mass is 9.97. The average Bonchev–Trinajstić information content (AvgIpc) is 2.80. The van der Waals surface area contributed by atoms with Crippen molar-refractivity contribution in [2.45, 2.75) is 13.0 Å². The first-order valence-corrected chi connectivity index (χ1v) is 7.88. The number of aliphatic hydroxyl groups excluding tert-OH is 1. The van der Waals surface area contributed by atoms with E-state index >= 15 is 0 Å². The summed E-state index contributed by atoms with van der Waals surface area (Å²) < 4.78 is 0. The molecule has 1 heterocycles. The molecule has 0 radical (unpaired) electrons. The van der Waals surface area contributed by atoms with Crippen molar-refractivity contribution in [3.63, 3.8) is 0 Å². The number of rotatable bonds is 7. The van der Waals surface area contributed by atoms with Gasteiger partial charge in [-0.15, -0.1) is 0 Å². The van der Waals surface area contributed by atoms with Crippen LogP contribution in [0.4, 0.5) is 0 Å². The van der Waals surface area contributed by atoms with E-state index in [2.05, 4.69) is 48.2 Å². The quantitative estimate of drug-likeness (QED) is 0.780. The molecule has 0 aromatic heterocycles. The Bertz CT molecular complexity index is 436. The number of aliphatic hydroxyl groups is 1. The van der Waals surface area contributed by atoms with Gasteiger partial charge < -0.3 is 15.7 Å². The summed E-state index contributed by atoms with van der Waals surface area (Å²) in [6.45, 7) is 5.08. The first-order valence-electron chi connectivity index (χ1n) is 7.88. The fourth-order valence-corrected chi connectivity index (χ4v) is 3.36. The molecule has 1 aromatic rings. The smallest absolute Gasteiger partial charge is 0.0475 e. The van der Waals surface area contributed by atoms with Gasteiger partial charge in [-0.1, -0.05) is 24.3 Å². The number of nitrogens with zero attached hydrogens (tertiary/aromatic N) is 2. The summed E-state index contributed by atoms with van der Waals surface area (Å²) in [4.78, 5) is 4.69. The maximum atomic E-state index is 9.59. The van der Waals surface area contributed by atoms with Crippen LogP contribution >= 0.6 is 0 Å². The van der Waals surface area contributed by atoms with E-state index in [1.54, 1.807) is 0 Å². The second-order valence-electron chi connectivity index (χ2n) is 6.52. The van der Waals surface area contributed by atoms with Gasteiger partial charge in [0.25, 0.3) is 0 Å². The highest BCUT2D eigenvalue weighted by Crippen LogP contribution is 2.25. The highest BCUT2D eigenvalue weighted by atomic mass is 16.3. The second kappa shape index (κ2) is 7.90. The van der Waals surface area contributed by atoms with Gasteiger partial charge in [0.2, 0.25) is 0 Å². The molecule has 1 aliphatic rings. The SMILES string of the molecule is CN(C)C[C@@H]1CN(Cc2cccc(CCN)c2)C[C@@H]1CO. The molecule has 118 valence electrons. The number of nitrogens with two attached hydrogens (primary N) is 1. The van der Waals surface area contributed by atoms with E-state index in [1.165, 1.54) is 11.1 Å². The first-order chi connectivity index (χ1) is 10.1. The van der Waals surface area contributed by atoms with Crippen molar-refractivity contribution < 1.29 is 5.11 Å². The van der Waals surface area contributed by atoms with Crippen LogP contribution in [0.25, 0.3) is 0 Å². The number of hydrogen-bond acceptors (Lipinski definition) is 4. The van der Waals surface area contributed by atoms with Crippen molar-refractivity contribution in [1.82, 2.24) is 9.80 Å². The summed E-state index contributed by atoms with van der Waals surface area (Å²) in [7, 11) is 4.21. The minimum atomic E-state index is 0.294. The van der Waals surface area contributed by atoms with E-state index in [0.29, 0.717) is 25.0 Å².